The molecule has 2 fully saturated rings. The minimum atomic E-state index is -4.69. The Morgan fingerprint density at radius 1 is 1.09 bits per heavy atom. The van der Waals surface area contributed by atoms with Gasteiger partial charge in [0.25, 0.3) is 5.56 Å². The summed E-state index contributed by atoms with van der Waals surface area (Å²) in [6.07, 6.45) is 2.06. The van der Waals surface area contributed by atoms with E-state index in [-0.39, 0.29) is 23.8 Å². The minimum Gasteiger partial charge on any atom is -0.295 e. The lowest BCUT2D eigenvalue weighted by atomic mass is 10.1. The number of hydrogen-bond donors (Lipinski definition) is 1. The van der Waals surface area contributed by atoms with Crippen molar-refractivity contribution in [3.63, 3.8) is 0 Å². The third-order valence-electron chi connectivity index (χ3n) is 6.32. The first-order chi connectivity index (χ1) is 15.2. The lowest BCUT2D eigenvalue weighted by Crippen LogP contribution is -2.43. The van der Waals surface area contributed by atoms with Crippen LogP contribution in [0.25, 0.3) is 10.2 Å². The van der Waals surface area contributed by atoms with E-state index in [1.807, 2.05) is 0 Å². The van der Waals surface area contributed by atoms with Crippen LogP contribution in [0.3, 0.4) is 0 Å². The van der Waals surface area contributed by atoms with Gasteiger partial charge in [-0.25, -0.2) is 14.3 Å². The molecule has 0 amide bonds. The van der Waals surface area contributed by atoms with Crippen molar-refractivity contribution < 1.29 is 13.2 Å². The topological polar surface area (TPSA) is 94.7 Å². The highest BCUT2D eigenvalue weighted by Crippen LogP contribution is 2.47. The van der Waals surface area contributed by atoms with E-state index in [2.05, 4.69) is 10.1 Å². The van der Waals surface area contributed by atoms with Gasteiger partial charge in [-0.05, 0) is 43.1 Å². The second kappa shape index (κ2) is 7.75. The maximum absolute atomic E-state index is 13.3. The van der Waals surface area contributed by atoms with E-state index in [9.17, 15) is 27.6 Å². The van der Waals surface area contributed by atoms with E-state index in [1.165, 1.54) is 26.9 Å². The first kappa shape index (κ1) is 21.2. The van der Waals surface area contributed by atoms with Crippen molar-refractivity contribution in [2.45, 2.75) is 70.3 Å². The predicted molar refractivity (Wildman–Crippen MR) is 112 cm³/mol. The SMILES string of the molecule is O=c1[nH]cnn1Cc1sc2c(c1C1CC1)c(=O)n(CC(F)(F)F)c(=O)n2CC1CCCC1. The number of H-pyrrole nitrogens is 1. The van der Waals surface area contributed by atoms with Crippen LogP contribution in [0.2, 0.25) is 0 Å². The fraction of sp³-hybridized carbons (Fsp3) is 0.600. The van der Waals surface area contributed by atoms with Crippen molar-refractivity contribution in [1.82, 2.24) is 23.9 Å². The highest BCUT2D eigenvalue weighted by atomic mass is 32.1. The summed E-state index contributed by atoms with van der Waals surface area (Å²) in [5.41, 5.74) is -1.56. The smallest absolute Gasteiger partial charge is 0.295 e. The zero-order chi connectivity index (χ0) is 22.6. The summed E-state index contributed by atoms with van der Waals surface area (Å²) >= 11 is 1.22. The molecule has 3 aromatic heterocycles. The molecular formula is C20H22F3N5O3S. The predicted octanol–water partition coefficient (Wildman–Crippen LogP) is 2.79. The lowest BCUT2D eigenvalue weighted by Gasteiger charge is -2.16. The fourth-order valence-corrected chi connectivity index (χ4v) is 6.07. The molecule has 2 aliphatic rings. The molecule has 2 saturated carbocycles. The molecule has 3 aromatic rings. The Kier molecular flexibility index (Phi) is 5.14. The Hall–Kier alpha value is -2.63. The average molecular weight is 469 g/mol. The molecular weight excluding hydrogens is 447 g/mol. The van der Waals surface area contributed by atoms with Gasteiger partial charge in [-0.3, -0.25) is 18.9 Å². The first-order valence-corrected chi connectivity index (χ1v) is 11.5. The van der Waals surface area contributed by atoms with Crippen molar-refractivity contribution in [3.8, 4) is 0 Å². The van der Waals surface area contributed by atoms with Gasteiger partial charge in [-0.1, -0.05) is 12.8 Å². The molecule has 3 heterocycles. The monoisotopic (exact) mass is 469 g/mol. The molecule has 0 aliphatic heterocycles. The van der Waals surface area contributed by atoms with Gasteiger partial charge in [0.1, 0.15) is 17.7 Å². The maximum atomic E-state index is 13.3. The van der Waals surface area contributed by atoms with Gasteiger partial charge in [0, 0.05) is 11.4 Å². The molecule has 8 nitrogen and oxygen atoms in total. The Bertz CT molecular complexity index is 1340. The summed E-state index contributed by atoms with van der Waals surface area (Å²) < 4.78 is 42.7. The van der Waals surface area contributed by atoms with E-state index in [4.69, 9.17) is 0 Å². The average Bonchev–Trinajstić information content (AvgIpc) is 3.09. The summed E-state index contributed by atoms with van der Waals surface area (Å²) in [5, 5.41) is 4.16. The van der Waals surface area contributed by atoms with Crippen LogP contribution in [0.5, 0.6) is 0 Å². The molecule has 0 aromatic carbocycles. The molecule has 12 heteroatoms. The third kappa shape index (κ3) is 3.84. The van der Waals surface area contributed by atoms with Gasteiger partial charge < -0.3 is 0 Å². The van der Waals surface area contributed by atoms with Crippen molar-refractivity contribution >= 4 is 21.6 Å². The van der Waals surface area contributed by atoms with E-state index in [0.29, 0.717) is 26.4 Å². The van der Waals surface area contributed by atoms with Gasteiger partial charge in [-0.15, -0.1) is 11.3 Å². The van der Waals surface area contributed by atoms with Gasteiger partial charge in [-0.2, -0.15) is 18.3 Å². The number of nitrogens with one attached hydrogen (secondary N) is 1. The van der Waals surface area contributed by atoms with Crippen LogP contribution in [0.4, 0.5) is 13.2 Å². The molecule has 0 unspecified atom stereocenters. The maximum Gasteiger partial charge on any atom is 0.406 e. The molecule has 2 aliphatic carbocycles. The third-order valence-corrected chi connectivity index (χ3v) is 7.53. The van der Waals surface area contributed by atoms with E-state index in [1.54, 1.807) is 0 Å². The molecule has 172 valence electrons. The van der Waals surface area contributed by atoms with Crippen LogP contribution < -0.4 is 16.9 Å². The van der Waals surface area contributed by atoms with E-state index >= 15 is 0 Å². The van der Waals surface area contributed by atoms with Crippen LogP contribution in [-0.4, -0.2) is 30.1 Å². The van der Waals surface area contributed by atoms with Crippen molar-refractivity contribution in [1.29, 1.82) is 0 Å². The largest absolute Gasteiger partial charge is 0.406 e. The van der Waals surface area contributed by atoms with E-state index < -0.39 is 29.7 Å². The number of nitrogens with zero attached hydrogens (tertiary/aromatic N) is 4. The minimum absolute atomic E-state index is 0.0397. The zero-order valence-corrected chi connectivity index (χ0v) is 18.0. The van der Waals surface area contributed by atoms with E-state index in [0.717, 1.165) is 38.5 Å². The Morgan fingerprint density at radius 3 is 2.41 bits per heavy atom. The number of rotatable bonds is 6. The quantitative estimate of drug-likeness (QED) is 0.601. The molecule has 32 heavy (non-hydrogen) atoms. The molecule has 0 saturated heterocycles. The van der Waals surface area contributed by atoms with Crippen LogP contribution in [0, 0.1) is 5.92 Å². The van der Waals surface area contributed by atoms with Crippen molar-refractivity contribution in [2.24, 2.45) is 5.92 Å². The lowest BCUT2D eigenvalue weighted by molar-refractivity contribution is -0.141. The first-order valence-electron chi connectivity index (χ1n) is 10.7. The summed E-state index contributed by atoms with van der Waals surface area (Å²) in [6.45, 7) is -1.22. The molecule has 0 spiro atoms. The second-order valence-electron chi connectivity index (χ2n) is 8.70. The van der Waals surface area contributed by atoms with Gasteiger partial charge >= 0.3 is 17.6 Å². The zero-order valence-electron chi connectivity index (χ0n) is 17.2. The number of aromatic amines is 1. The second-order valence-corrected chi connectivity index (χ2v) is 9.78. The normalized spacial score (nSPS) is 17.6. The van der Waals surface area contributed by atoms with Crippen molar-refractivity contribution in [3.05, 3.63) is 48.1 Å². The molecule has 1 N–H and O–H groups in total. The molecule has 0 bridgehead atoms. The van der Waals surface area contributed by atoms with Crippen molar-refractivity contribution in [2.75, 3.05) is 0 Å². The summed E-state index contributed by atoms with van der Waals surface area (Å²) in [6, 6.07) is 0. The highest BCUT2D eigenvalue weighted by molar-refractivity contribution is 7.18. The standard InChI is InChI=1S/C20H22F3N5O3S/c21-20(22,23)9-27-16(29)15-14(12-5-6-12)13(8-28-18(30)24-10-25-28)32-17(15)26(19(27)31)7-11-3-1-2-4-11/h10-12H,1-9H2,(H,24,25,30). The number of fused-ring (bicyclic) bond motifs is 1. The molecule has 0 radical (unpaired) electrons. The van der Waals surface area contributed by atoms with Gasteiger partial charge in [0.05, 0.1) is 11.9 Å². The van der Waals surface area contributed by atoms with Gasteiger partial charge in [0.15, 0.2) is 0 Å². The Balaban J connectivity index is 1.75. The molecule has 0 atom stereocenters. The number of hydrogen-bond acceptors (Lipinski definition) is 5. The van der Waals surface area contributed by atoms with Crippen LogP contribution in [0.1, 0.15) is 54.9 Å². The number of alkyl halides is 3. The summed E-state index contributed by atoms with van der Waals surface area (Å²) in [5.74, 6) is 0.231. The molecule has 5 rings (SSSR count). The summed E-state index contributed by atoms with van der Waals surface area (Å²) in [4.78, 5) is 41.9. The van der Waals surface area contributed by atoms with Crippen LogP contribution in [0.15, 0.2) is 20.7 Å². The Labute approximate surface area is 183 Å². The number of thiophene rings is 1. The van der Waals surface area contributed by atoms with Gasteiger partial charge in [0.2, 0.25) is 0 Å². The summed E-state index contributed by atoms with van der Waals surface area (Å²) in [7, 11) is 0. The Morgan fingerprint density at radius 2 is 1.81 bits per heavy atom. The number of halogens is 3. The fourth-order valence-electron chi connectivity index (χ4n) is 4.71. The van der Waals surface area contributed by atoms with Crippen LogP contribution in [-0.2, 0) is 19.6 Å². The highest BCUT2D eigenvalue weighted by Gasteiger charge is 2.36. The van der Waals surface area contributed by atoms with Crippen LogP contribution >= 0.6 is 11.3 Å². The number of aromatic nitrogens is 5.